The Bertz CT molecular complexity index is 539. The van der Waals surface area contributed by atoms with Crippen LogP contribution in [0.1, 0.15) is 65.2 Å². The van der Waals surface area contributed by atoms with Crippen molar-refractivity contribution in [1.29, 1.82) is 0 Å². The molecular weight excluding hydrogens is 296 g/mol. The molecule has 0 aromatic heterocycles. The van der Waals surface area contributed by atoms with Crippen molar-refractivity contribution in [3.63, 3.8) is 0 Å². The lowest BCUT2D eigenvalue weighted by Gasteiger charge is -2.14. The first-order chi connectivity index (χ1) is 11.8. The maximum absolute atomic E-state index is 6.05. The van der Waals surface area contributed by atoms with Crippen molar-refractivity contribution in [2.45, 2.75) is 65.2 Å². The molecule has 0 bridgehead atoms. The molecule has 2 nitrogen and oxygen atoms in total. The summed E-state index contributed by atoms with van der Waals surface area (Å²) in [4.78, 5) is 0. The van der Waals surface area contributed by atoms with Gasteiger partial charge in [-0.3, -0.25) is 0 Å². The van der Waals surface area contributed by atoms with Gasteiger partial charge in [0.25, 0.3) is 0 Å². The number of unbranched alkanes of at least 4 members (excludes halogenated alkanes) is 6. The summed E-state index contributed by atoms with van der Waals surface area (Å²) in [5.41, 5.74) is 0. The van der Waals surface area contributed by atoms with Gasteiger partial charge in [0.05, 0.1) is 13.2 Å². The van der Waals surface area contributed by atoms with Crippen molar-refractivity contribution in [1.82, 2.24) is 0 Å². The molecule has 0 N–H and O–H groups in total. The van der Waals surface area contributed by atoms with Crippen molar-refractivity contribution < 1.29 is 9.47 Å². The van der Waals surface area contributed by atoms with Gasteiger partial charge in [-0.25, -0.2) is 0 Å². The summed E-state index contributed by atoms with van der Waals surface area (Å²) in [6, 6.07) is 12.6. The summed E-state index contributed by atoms with van der Waals surface area (Å²) < 4.78 is 12.1. The van der Waals surface area contributed by atoms with Gasteiger partial charge < -0.3 is 9.47 Å². The lowest BCUT2D eigenvalue weighted by Crippen LogP contribution is -2.03. The summed E-state index contributed by atoms with van der Waals surface area (Å²) in [5.74, 6) is 1.78. The molecule has 24 heavy (non-hydrogen) atoms. The summed E-state index contributed by atoms with van der Waals surface area (Å²) >= 11 is 0. The Morgan fingerprint density at radius 3 is 1.50 bits per heavy atom. The molecule has 2 aromatic carbocycles. The number of rotatable bonds is 12. The first kappa shape index (κ1) is 18.6. The van der Waals surface area contributed by atoms with E-state index in [1.165, 1.54) is 49.3 Å². The van der Waals surface area contributed by atoms with Crippen molar-refractivity contribution in [3.8, 4) is 11.5 Å². The average Bonchev–Trinajstić information content (AvgIpc) is 2.61. The Labute approximate surface area is 147 Å². The zero-order chi connectivity index (χ0) is 17.0. The first-order valence-electron chi connectivity index (χ1n) is 9.63. The average molecular weight is 328 g/mol. The second kappa shape index (κ2) is 11.0. The number of fused-ring (bicyclic) bond motifs is 1. The molecule has 0 aliphatic rings. The largest absolute Gasteiger partial charge is 0.490 e. The number of hydrogen-bond donors (Lipinski definition) is 0. The Morgan fingerprint density at radius 2 is 1.08 bits per heavy atom. The molecule has 2 rings (SSSR count). The van der Waals surface area contributed by atoms with Gasteiger partial charge in [0, 0.05) is 0 Å². The van der Waals surface area contributed by atoms with E-state index in [2.05, 4.69) is 50.2 Å². The molecule has 0 unspecified atom stereocenters. The summed E-state index contributed by atoms with van der Waals surface area (Å²) in [6.45, 7) is 6.00. The smallest absolute Gasteiger partial charge is 0.161 e. The zero-order valence-electron chi connectivity index (χ0n) is 15.4. The van der Waals surface area contributed by atoms with E-state index in [0.717, 1.165) is 37.6 Å². The fraction of sp³-hybridized carbons (Fsp3) is 0.545. The van der Waals surface area contributed by atoms with Crippen LogP contribution >= 0.6 is 0 Å². The van der Waals surface area contributed by atoms with Crippen LogP contribution in [-0.4, -0.2) is 13.2 Å². The van der Waals surface area contributed by atoms with Crippen LogP contribution in [-0.2, 0) is 0 Å². The van der Waals surface area contributed by atoms with E-state index >= 15 is 0 Å². The molecule has 0 heterocycles. The molecule has 0 saturated heterocycles. The second-order valence-corrected chi connectivity index (χ2v) is 6.46. The Kier molecular flexibility index (Phi) is 8.51. The predicted molar refractivity (Wildman–Crippen MR) is 103 cm³/mol. The van der Waals surface area contributed by atoms with Crippen LogP contribution in [0.2, 0.25) is 0 Å². The highest BCUT2D eigenvalue weighted by atomic mass is 16.5. The van der Waals surface area contributed by atoms with Gasteiger partial charge in [-0.05, 0) is 35.7 Å². The normalized spacial score (nSPS) is 10.9. The lowest BCUT2D eigenvalue weighted by atomic mass is 10.1. The van der Waals surface area contributed by atoms with Gasteiger partial charge in [-0.2, -0.15) is 0 Å². The van der Waals surface area contributed by atoms with Gasteiger partial charge in [0.15, 0.2) is 11.5 Å². The van der Waals surface area contributed by atoms with Crippen LogP contribution in [0.25, 0.3) is 10.8 Å². The molecule has 2 heteroatoms. The number of hydrogen-bond acceptors (Lipinski definition) is 2. The number of ether oxygens (including phenoxy) is 2. The molecule has 0 amide bonds. The standard InChI is InChI=1S/C22H32O2/c1-3-5-7-11-15-23-21-17-19-13-9-10-14-20(19)18-22(21)24-16-12-8-6-4-2/h9-10,13-14,17-18H,3-8,11-12,15-16H2,1-2H3. The number of benzene rings is 2. The molecule has 2 aromatic rings. The lowest BCUT2D eigenvalue weighted by molar-refractivity contribution is 0.259. The van der Waals surface area contributed by atoms with Crippen LogP contribution in [0.5, 0.6) is 11.5 Å². The van der Waals surface area contributed by atoms with Crippen molar-refractivity contribution in [2.75, 3.05) is 13.2 Å². The van der Waals surface area contributed by atoms with Gasteiger partial charge in [0.2, 0.25) is 0 Å². The van der Waals surface area contributed by atoms with E-state index in [1.54, 1.807) is 0 Å². The minimum Gasteiger partial charge on any atom is -0.490 e. The van der Waals surface area contributed by atoms with Gasteiger partial charge >= 0.3 is 0 Å². The van der Waals surface area contributed by atoms with Crippen LogP contribution in [0.15, 0.2) is 36.4 Å². The van der Waals surface area contributed by atoms with Crippen molar-refractivity contribution >= 4 is 10.8 Å². The van der Waals surface area contributed by atoms with Crippen LogP contribution in [0, 0.1) is 0 Å². The molecule has 0 atom stereocenters. The zero-order valence-corrected chi connectivity index (χ0v) is 15.4. The molecule has 132 valence electrons. The molecule has 0 fully saturated rings. The summed E-state index contributed by atoms with van der Waals surface area (Å²) in [7, 11) is 0. The Hall–Kier alpha value is -1.70. The van der Waals surface area contributed by atoms with E-state index in [-0.39, 0.29) is 0 Å². The second-order valence-electron chi connectivity index (χ2n) is 6.46. The Morgan fingerprint density at radius 1 is 0.625 bits per heavy atom. The molecule has 0 aliphatic carbocycles. The Balaban J connectivity index is 1.99. The van der Waals surface area contributed by atoms with Gasteiger partial charge in [-0.1, -0.05) is 76.6 Å². The monoisotopic (exact) mass is 328 g/mol. The molecule has 0 radical (unpaired) electrons. The third-order valence-corrected chi connectivity index (χ3v) is 4.32. The maximum atomic E-state index is 6.05. The molecule has 0 aliphatic heterocycles. The first-order valence-corrected chi connectivity index (χ1v) is 9.63. The van der Waals surface area contributed by atoms with Crippen LogP contribution in [0.4, 0.5) is 0 Å². The van der Waals surface area contributed by atoms with E-state index in [4.69, 9.17) is 9.47 Å². The summed E-state index contributed by atoms with van der Waals surface area (Å²) in [5, 5.41) is 2.42. The molecular formula is C22H32O2. The molecule has 0 saturated carbocycles. The fourth-order valence-electron chi connectivity index (χ4n) is 2.85. The SMILES string of the molecule is CCCCCCOc1cc2ccccc2cc1OCCCCCC. The van der Waals surface area contributed by atoms with Gasteiger partial charge in [-0.15, -0.1) is 0 Å². The van der Waals surface area contributed by atoms with Crippen LogP contribution < -0.4 is 9.47 Å². The third-order valence-electron chi connectivity index (χ3n) is 4.32. The van der Waals surface area contributed by atoms with E-state index in [1.807, 2.05) is 0 Å². The highest BCUT2D eigenvalue weighted by Gasteiger charge is 2.08. The van der Waals surface area contributed by atoms with E-state index in [9.17, 15) is 0 Å². The molecule has 0 spiro atoms. The highest BCUT2D eigenvalue weighted by molar-refractivity contribution is 5.86. The maximum Gasteiger partial charge on any atom is 0.161 e. The topological polar surface area (TPSA) is 18.5 Å². The third kappa shape index (κ3) is 6.07. The van der Waals surface area contributed by atoms with Crippen molar-refractivity contribution in [3.05, 3.63) is 36.4 Å². The van der Waals surface area contributed by atoms with E-state index < -0.39 is 0 Å². The van der Waals surface area contributed by atoms with Gasteiger partial charge in [0.1, 0.15) is 0 Å². The van der Waals surface area contributed by atoms with E-state index in [0.29, 0.717) is 0 Å². The highest BCUT2D eigenvalue weighted by Crippen LogP contribution is 2.33. The minimum atomic E-state index is 0.768. The van der Waals surface area contributed by atoms with Crippen molar-refractivity contribution in [2.24, 2.45) is 0 Å². The predicted octanol–water partition coefficient (Wildman–Crippen LogP) is 6.76. The summed E-state index contributed by atoms with van der Waals surface area (Å²) in [6.07, 6.45) is 9.75. The fourth-order valence-corrected chi connectivity index (χ4v) is 2.85. The minimum absolute atomic E-state index is 0.768. The quantitative estimate of drug-likeness (QED) is 0.401. The van der Waals surface area contributed by atoms with Crippen LogP contribution in [0.3, 0.4) is 0 Å².